The van der Waals surface area contributed by atoms with Crippen LogP contribution in [0.4, 0.5) is 0 Å². The molecule has 1 heterocycles. The maximum absolute atomic E-state index is 11.8. The maximum Gasteiger partial charge on any atom is 0.275 e. The third-order valence-electron chi connectivity index (χ3n) is 3.73. The fourth-order valence-electron chi connectivity index (χ4n) is 2.54. The van der Waals surface area contributed by atoms with Crippen molar-refractivity contribution in [2.75, 3.05) is 20.1 Å². The Kier molecular flexibility index (Phi) is 6.69. The van der Waals surface area contributed by atoms with E-state index >= 15 is 0 Å². The SMILES string of the molecule is CCCNC(=O)C[NH+](C)Cn1nc(-c2ccccc2)n(CC)c1=S. The lowest BCUT2D eigenvalue weighted by Gasteiger charge is -2.13. The van der Waals surface area contributed by atoms with Gasteiger partial charge in [-0.1, -0.05) is 37.3 Å². The standard InChI is InChI=1S/C17H25N5OS/c1-4-11-18-15(23)12-20(3)13-22-17(24)21(5-2)16(19-22)14-9-7-6-8-10-14/h6-10H,4-5,11-13H2,1-3H3,(H,18,23)/p+1. The van der Waals surface area contributed by atoms with Crippen molar-refractivity contribution in [3.63, 3.8) is 0 Å². The van der Waals surface area contributed by atoms with Crippen molar-refractivity contribution in [1.82, 2.24) is 19.7 Å². The van der Waals surface area contributed by atoms with Gasteiger partial charge in [0.1, 0.15) is 0 Å². The fraction of sp³-hybridized carbons (Fsp3) is 0.471. The zero-order valence-electron chi connectivity index (χ0n) is 14.6. The van der Waals surface area contributed by atoms with Gasteiger partial charge < -0.3 is 14.8 Å². The molecule has 1 aromatic carbocycles. The van der Waals surface area contributed by atoms with E-state index in [4.69, 9.17) is 12.2 Å². The molecule has 0 aliphatic heterocycles. The number of aromatic nitrogens is 3. The first-order valence-electron chi connectivity index (χ1n) is 8.37. The highest BCUT2D eigenvalue weighted by Gasteiger charge is 2.15. The third kappa shape index (κ3) is 4.52. The number of amides is 1. The molecule has 2 N–H and O–H groups in total. The second-order valence-corrected chi connectivity index (χ2v) is 6.22. The Morgan fingerprint density at radius 1 is 1.29 bits per heavy atom. The van der Waals surface area contributed by atoms with Crippen LogP contribution in [0.15, 0.2) is 30.3 Å². The van der Waals surface area contributed by atoms with Gasteiger partial charge in [-0.25, -0.2) is 0 Å². The second-order valence-electron chi connectivity index (χ2n) is 5.86. The Morgan fingerprint density at radius 3 is 2.62 bits per heavy atom. The number of benzene rings is 1. The van der Waals surface area contributed by atoms with Crippen molar-refractivity contribution < 1.29 is 9.69 Å². The molecule has 1 amide bonds. The summed E-state index contributed by atoms with van der Waals surface area (Å²) in [7, 11) is 1.97. The second kappa shape index (κ2) is 8.75. The van der Waals surface area contributed by atoms with Crippen LogP contribution in [-0.2, 0) is 18.0 Å². The molecule has 0 bridgehead atoms. The molecule has 130 valence electrons. The Bertz CT molecular complexity index is 722. The number of likely N-dealkylation sites (N-methyl/N-ethyl adjacent to an activating group) is 1. The van der Waals surface area contributed by atoms with Crippen molar-refractivity contribution >= 4 is 18.1 Å². The van der Waals surface area contributed by atoms with Gasteiger partial charge in [0, 0.05) is 18.7 Å². The van der Waals surface area contributed by atoms with Gasteiger partial charge in [0.25, 0.3) is 5.91 Å². The van der Waals surface area contributed by atoms with E-state index in [1.165, 1.54) is 0 Å². The number of carbonyl (C=O) groups is 1. The quantitative estimate of drug-likeness (QED) is 0.703. The number of nitrogens with one attached hydrogen (secondary N) is 2. The highest BCUT2D eigenvalue weighted by Crippen LogP contribution is 2.17. The molecule has 0 saturated carbocycles. The molecule has 2 aromatic rings. The summed E-state index contributed by atoms with van der Waals surface area (Å²) in [5, 5.41) is 7.58. The van der Waals surface area contributed by atoms with E-state index < -0.39 is 0 Å². The van der Waals surface area contributed by atoms with Crippen LogP contribution in [0, 0.1) is 4.77 Å². The van der Waals surface area contributed by atoms with Gasteiger partial charge in [0.2, 0.25) is 4.77 Å². The molecule has 1 aromatic heterocycles. The largest absolute Gasteiger partial charge is 0.351 e. The van der Waals surface area contributed by atoms with Crippen LogP contribution in [0.2, 0.25) is 0 Å². The molecule has 7 heteroatoms. The molecule has 0 aliphatic rings. The molecular weight excluding hydrogens is 322 g/mol. The minimum absolute atomic E-state index is 0.0547. The number of hydrogen-bond donors (Lipinski definition) is 2. The van der Waals surface area contributed by atoms with Crippen LogP contribution in [0.5, 0.6) is 0 Å². The number of hydrogen-bond acceptors (Lipinski definition) is 3. The molecule has 0 fully saturated rings. The summed E-state index contributed by atoms with van der Waals surface area (Å²) < 4.78 is 4.52. The molecule has 2 rings (SSSR count). The molecule has 0 spiro atoms. The van der Waals surface area contributed by atoms with Gasteiger partial charge in [0.05, 0.1) is 7.05 Å². The number of carbonyl (C=O) groups excluding carboxylic acids is 1. The summed E-state index contributed by atoms with van der Waals surface area (Å²) >= 11 is 5.56. The van der Waals surface area contributed by atoms with Gasteiger partial charge in [-0.15, -0.1) is 5.10 Å². The Hall–Kier alpha value is -1.99. The monoisotopic (exact) mass is 348 g/mol. The Labute approximate surface area is 148 Å². The van der Waals surface area contributed by atoms with Gasteiger partial charge >= 0.3 is 0 Å². The summed E-state index contributed by atoms with van der Waals surface area (Å²) in [5.41, 5.74) is 1.04. The van der Waals surface area contributed by atoms with Crippen LogP contribution in [0.3, 0.4) is 0 Å². The van der Waals surface area contributed by atoms with Crippen molar-refractivity contribution in [1.29, 1.82) is 0 Å². The zero-order chi connectivity index (χ0) is 17.5. The Balaban J connectivity index is 2.15. The van der Waals surface area contributed by atoms with E-state index in [2.05, 4.69) is 17.3 Å². The van der Waals surface area contributed by atoms with Crippen molar-refractivity contribution in [2.45, 2.75) is 33.5 Å². The highest BCUT2D eigenvalue weighted by molar-refractivity contribution is 7.71. The topological polar surface area (TPSA) is 56.3 Å². The van der Waals surface area contributed by atoms with E-state index in [0.717, 1.165) is 29.3 Å². The van der Waals surface area contributed by atoms with E-state index in [9.17, 15) is 4.79 Å². The lowest BCUT2D eigenvalue weighted by atomic mass is 10.2. The first-order valence-corrected chi connectivity index (χ1v) is 8.78. The predicted molar refractivity (Wildman–Crippen MR) is 97.2 cm³/mol. The molecular formula is C17H26N5OS+. The molecule has 0 saturated heterocycles. The van der Waals surface area contributed by atoms with Crippen LogP contribution in [-0.4, -0.2) is 40.4 Å². The van der Waals surface area contributed by atoms with Gasteiger partial charge in [0.15, 0.2) is 19.0 Å². The molecule has 0 aliphatic carbocycles. The number of nitrogens with zero attached hydrogens (tertiary/aromatic N) is 3. The van der Waals surface area contributed by atoms with Gasteiger partial charge in [-0.3, -0.25) is 4.79 Å². The lowest BCUT2D eigenvalue weighted by Crippen LogP contribution is -3.09. The van der Waals surface area contributed by atoms with Crippen LogP contribution < -0.4 is 10.2 Å². The van der Waals surface area contributed by atoms with E-state index in [-0.39, 0.29) is 5.91 Å². The normalized spacial score (nSPS) is 12.1. The van der Waals surface area contributed by atoms with Crippen LogP contribution >= 0.6 is 12.2 Å². The van der Waals surface area contributed by atoms with Crippen LogP contribution in [0.25, 0.3) is 11.4 Å². The molecule has 1 atom stereocenters. The van der Waals surface area contributed by atoms with Crippen molar-refractivity contribution in [3.05, 3.63) is 35.1 Å². The summed E-state index contributed by atoms with van der Waals surface area (Å²) in [6, 6.07) is 10.0. The highest BCUT2D eigenvalue weighted by atomic mass is 32.1. The minimum Gasteiger partial charge on any atom is -0.351 e. The first kappa shape index (κ1) is 18.4. The lowest BCUT2D eigenvalue weighted by molar-refractivity contribution is -0.895. The first-order chi connectivity index (χ1) is 11.6. The molecule has 1 unspecified atom stereocenters. The van der Waals surface area contributed by atoms with Crippen molar-refractivity contribution in [2.24, 2.45) is 0 Å². The molecule has 24 heavy (non-hydrogen) atoms. The van der Waals surface area contributed by atoms with Crippen LogP contribution in [0.1, 0.15) is 20.3 Å². The summed E-state index contributed by atoms with van der Waals surface area (Å²) in [4.78, 5) is 12.9. The average molecular weight is 348 g/mol. The minimum atomic E-state index is 0.0547. The zero-order valence-corrected chi connectivity index (χ0v) is 15.4. The Morgan fingerprint density at radius 2 is 2.00 bits per heavy atom. The van der Waals surface area contributed by atoms with E-state index in [1.807, 2.05) is 53.6 Å². The van der Waals surface area contributed by atoms with Gasteiger partial charge in [-0.2, -0.15) is 4.68 Å². The molecule has 0 radical (unpaired) electrons. The van der Waals surface area contributed by atoms with Crippen molar-refractivity contribution in [3.8, 4) is 11.4 Å². The predicted octanol–water partition coefficient (Wildman–Crippen LogP) is 1.10. The summed E-state index contributed by atoms with van der Waals surface area (Å²) in [5.74, 6) is 0.922. The maximum atomic E-state index is 11.8. The van der Waals surface area contributed by atoms with Gasteiger partial charge in [-0.05, 0) is 25.6 Å². The summed E-state index contributed by atoms with van der Waals surface area (Å²) in [6.07, 6.45) is 0.942. The van der Waals surface area contributed by atoms with E-state index in [0.29, 0.717) is 24.5 Å². The smallest absolute Gasteiger partial charge is 0.275 e. The fourth-order valence-corrected chi connectivity index (χ4v) is 2.86. The number of rotatable bonds is 8. The third-order valence-corrected chi connectivity index (χ3v) is 4.16. The average Bonchev–Trinajstić information content (AvgIpc) is 2.89. The molecule has 6 nitrogen and oxygen atoms in total. The summed E-state index contributed by atoms with van der Waals surface area (Å²) in [6.45, 7) is 6.54. The number of quaternary nitrogens is 1. The van der Waals surface area contributed by atoms with E-state index in [1.54, 1.807) is 0 Å².